The number of primary sulfonamides is 1. The van der Waals surface area contributed by atoms with Gasteiger partial charge in [0.05, 0.1) is 31.3 Å². The third-order valence-corrected chi connectivity index (χ3v) is 9.04. The summed E-state index contributed by atoms with van der Waals surface area (Å²) in [6.45, 7) is 0.986. The molecule has 0 atom stereocenters. The van der Waals surface area contributed by atoms with Crippen LogP contribution >= 0.6 is 7.60 Å². The molecule has 4 aromatic rings. The molecule has 0 saturated carbocycles. The van der Waals surface area contributed by atoms with E-state index in [9.17, 15) is 21.8 Å². The normalized spacial score (nSPS) is 12.8. The lowest BCUT2D eigenvalue weighted by molar-refractivity contribution is -0.0332. The van der Waals surface area contributed by atoms with Crippen LogP contribution in [0.15, 0.2) is 114 Å². The minimum Gasteiger partial charge on any atom is -0.376 e. The van der Waals surface area contributed by atoms with Crippen LogP contribution in [-0.4, -0.2) is 31.4 Å². The maximum Gasteiger partial charge on any atom is 0.399 e. The van der Waals surface area contributed by atoms with Crippen LogP contribution in [0.25, 0.3) is 0 Å². The van der Waals surface area contributed by atoms with Gasteiger partial charge in [0, 0.05) is 11.0 Å². The Morgan fingerprint density at radius 1 is 0.659 bits per heavy atom. The third kappa shape index (κ3) is 9.12. The van der Waals surface area contributed by atoms with Crippen LogP contribution in [0.1, 0.15) is 27.8 Å². The van der Waals surface area contributed by atoms with E-state index in [1.54, 1.807) is 12.1 Å². The summed E-state index contributed by atoms with van der Waals surface area (Å²) in [5, 5.41) is 5.28. The molecule has 0 amide bonds. The smallest absolute Gasteiger partial charge is 0.376 e. The van der Waals surface area contributed by atoms with Gasteiger partial charge in [0.15, 0.2) is 0 Å². The standard InChI is InChI=1S/C32H34F2NO7PS/c33-32(34,43(36,37)38)29-15-11-25(12-16-29)19-31(23-41-21-27-7-3-1-4-8-27,24-42-22-28-9-5-2-6-10-28)20-26-13-17-30(18-14-26)44(35,39)40/h1-18H,19-24H2,(H2,35,39,40)(H2,36,37,38). The number of halogens is 2. The first-order valence-electron chi connectivity index (χ1n) is 13.7. The second kappa shape index (κ2) is 14.2. The van der Waals surface area contributed by atoms with Gasteiger partial charge in [0.2, 0.25) is 10.0 Å². The van der Waals surface area contributed by atoms with Crippen molar-refractivity contribution in [3.8, 4) is 0 Å². The average molecular weight is 646 g/mol. The van der Waals surface area contributed by atoms with Gasteiger partial charge in [-0.3, -0.25) is 4.57 Å². The van der Waals surface area contributed by atoms with E-state index in [2.05, 4.69) is 0 Å². The molecule has 0 aliphatic carbocycles. The van der Waals surface area contributed by atoms with Crippen LogP contribution in [0, 0.1) is 5.41 Å². The predicted octanol–water partition coefficient (Wildman–Crippen LogP) is 5.77. The maximum atomic E-state index is 14.3. The fraction of sp³-hybridized carbons (Fsp3) is 0.250. The lowest BCUT2D eigenvalue weighted by atomic mass is 9.77. The van der Waals surface area contributed by atoms with Gasteiger partial charge in [-0.15, -0.1) is 0 Å². The molecule has 0 saturated heterocycles. The molecule has 4 N–H and O–H groups in total. The average Bonchev–Trinajstić information content (AvgIpc) is 2.98. The molecule has 4 rings (SSSR count). The summed E-state index contributed by atoms with van der Waals surface area (Å²) in [6, 6.07) is 30.1. The van der Waals surface area contributed by atoms with Crippen molar-refractivity contribution in [1.29, 1.82) is 0 Å². The summed E-state index contributed by atoms with van der Waals surface area (Å²) in [4.78, 5) is 18.3. The summed E-state index contributed by atoms with van der Waals surface area (Å²) >= 11 is 0. The lowest BCUT2D eigenvalue weighted by Crippen LogP contribution is -2.37. The Balaban J connectivity index is 1.66. The van der Waals surface area contributed by atoms with Crippen molar-refractivity contribution in [2.24, 2.45) is 10.6 Å². The molecule has 0 bridgehead atoms. The van der Waals surface area contributed by atoms with E-state index in [-0.39, 0.29) is 24.5 Å². The monoisotopic (exact) mass is 645 g/mol. The van der Waals surface area contributed by atoms with Crippen molar-refractivity contribution in [2.45, 2.75) is 36.6 Å². The summed E-state index contributed by atoms with van der Waals surface area (Å²) in [5.41, 5.74) is -2.59. The molecule has 0 spiro atoms. The SMILES string of the molecule is NS(=O)(=O)c1ccc(CC(COCc2ccccc2)(COCc2ccccc2)Cc2ccc(C(F)(F)P(=O)(O)O)cc2)cc1. The molecular formula is C32H34F2NO7PS. The largest absolute Gasteiger partial charge is 0.399 e. The van der Waals surface area contributed by atoms with Gasteiger partial charge in [0.25, 0.3) is 0 Å². The molecule has 44 heavy (non-hydrogen) atoms. The van der Waals surface area contributed by atoms with Crippen molar-refractivity contribution in [3.63, 3.8) is 0 Å². The quantitative estimate of drug-likeness (QED) is 0.140. The van der Waals surface area contributed by atoms with Gasteiger partial charge in [-0.2, -0.15) is 8.78 Å². The highest BCUT2D eigenvalue weighted by atomic mass is 32.2. The summed E-state index contributed by atoms with van der Waals surface area (Å²) in [5.74, 6) is 0. The molecule has 0 aliphatic rings. The highest BCUT2D eigenvalue weighted by molar-refractivity contribution is 7.89. The molecular weight excluding hydrogens is 611 g/mol. The third-order valence-electron chi connectivity index (χ3n) is 7.12. The zero-order valence-electron chi connectivity index (χ0n) is 23.8. The van der Waals surface area contributed by atoms with E-state index in [1.807, 2.05) is 60.7 Å². The van der Waals surface area contributed by atoms with E-state index in [0.717, 1.165) is 28.8 Å². The van der Waals surface area contributed by atoms with Gasteiger partial charge in [0.1, 0.15) is 0 Å². The van der Waals surface area contributed by atoms with E-state index in [1.165, 1.54) is 24.3 Å². The minimum atomic E-state index is -5.72. The Hall–Kier alpha value is -3.28. The van der Waals surface area contributed by atoms with Gasteiger partial charge < -0.3 is 19.3 Å². The molecule has 0 unspecified atom stereocenters. The Morgan fingerprint density at radius 2 is 1.07 bits per heavy atom. The van der Waals surface area contributed by atoms with Crippen LogP contribution < -0.4 is 5.14 Å². The zero-order chi connectivity index (χ0) is 31.8. The van der Waals surface area contributed by atoms with Crippen LogP contribution in [0.4, 0.5) is 8.78 Å². The Labute approximate surface area is 255 Å². The Kier molecular flexibility index (Phi) is 10.9. The molecule has 234 valence electrons. The summed E-state index contributed by atoms with van der Waals surface area (Å²) < 4.78 is 76.1. The van der Waals surface area contributed by atoms with Crippen LogP contribution in [-0.2, 0) is 55.8 Å². The second-order valence-corrected chi connectivity index (χ2v) is 14.0. The van der Waals surface area contributed by atoms with Crippen molar-refractivity contribution in [2.75, 3.05) is 13.2 Å². The maximum absolute atomic E-state index is 14.3. The van der Waals surface area contributed by atoms with Crippen LogP contribution in [0.2, 0.25) is 0 Å². The molecule has 4 aromatic carbocycles. The van der Waals surface area contributed by atoms with Gasteiger partial charge in [-0.1, -0.05) is 97.1 Å². The van der Waals surface area contributed by atoms with Crippen molar-refractivity contribution in [1.82, 2.24) is 0 Å². The highest BCUT2D eigenvalue weighted by Crippen LogP contribution is 2.59. The van der Waals surface area contributed by atoms with Crippen LogP contribution in [0.3, 0.4) is 0 Å². The minimum absolute atomic E-state index is 0.0333. The van der Waals surface area contributed by atoms with Crippen molar-refractivity contribution >= 4 is 17.6 Å². The number of nitrogens with two attached hydrogens (primary N) is 1. The molecule has 0 heterocycles. The number of rotatable bonds is 15. The van der Waals surface area contributed by atoms with Crippen molar-refractivity contribution in [3.05, 3.63) is 137 Å². The fourth-order valence-electron chi connectivity index (χ4n) is 4.88. The molecule has 0 aromatic heterocycles. The molecule has 12 heteroatoms. The van der Waals surface area contributed by atoms with E-state index in [0.29, 0.717) is 25.2 Å². The first-order valence-corrected chi connectivity index (χ1v) is 16.8. The van der Waals surface area contributed by atoms with Gasteiger partial charge >= 0.3 is 13.3 Å². The predicted molar refractivity (Wildman–Crippen MR) is 162 cm³/mol. The lowest BCUT2D eigenvalue weighted by Gasteiger charge is -2.34. The number of ether oxygens (including phenoxy) is 2. The number of alkyl halides is 2. The fourth-order valence-corrected chi connectivity index (χ4v) is 5.88. The number of sulfonamides is 1. The molecule has 0 aliphatic heterocycles. The summed E-state index contributed by atoms with van der Waals surface area (Å²) in [6.07, 6.45) is 0.650. The van der Waals surface area contributed by atoms with E-state index >= 15 is 0 Å². The Morgan fingerprint density at radius 3 is 1.45 bits per heavy atom. The second-order valence-electron chi connectivity index (χ2n) is 10.8. The molecule has 0 radical (unpaired) electrons. The first kappa shape index (κ1) is 33.6. The topological polar surface area (TPSA) is 136 Å². The van der Waals surface area contributed by atoms with Crippen LogP contribution in [0.5, 0.6) is 0 Å². The van der Waals surface area contributed by atoms with E-state index in [4.69, 9.17) is 24.4 Å². The Bertz CT molecular complexity index is 1600. The van der Waals surface area contributed by atoms with Gasteiger partial charge in [-0.25, -0.2) is 13.6 Å². The number of hydrogen-bond acceptors (Lipinski definition) is 5. The zero-order valence-corrected chi connectivity index (χ0v) is 25.5. The molecule has 8 nitrogen and oxygen atoms in total. The van der Waals surface area contributed by atoms with E-state index < -0.39 is 34.3 Å². The van der Waals surface area contributed by atoms with Gasteiger partial charge in [-0.05, 0) is 47.2 Å². The number of benzene rings is 4. The molecule has 0 fully saturated rings. The summed E-state index contributed by atoms with van der Waals surface area (Å²) in [7, 11) is -9.62. The highest BCUT2D eigenvalue weighted by Gasteiger charge is 2.50. The number of hydrogen-bond donors (Lipinski definition) is 3. The first-order chi connectivity index (χ1) is 20.8. The van der Waals surface area contributed by atoms with Crippen molar-refractivity contribution < 1.29 is 41.0 Å².